The molecule has 0 bridgehead atoms. The van der Waals surface area contributed by atoms with Gasteiger partial charge >= 0.3 is 17.9 Å². The topological polar surface area (TPSA) is 99.1 Å². The van der Waals surface area contributed by atoms with Gasteiger partial charge < -0.3 is 19.3 Å². The number of unbranched alkanes of at least 4 members (excludes halogenated alkanes) is 24. The fourth-order valence-electron chi connectivity index (χ4n) is 5.87. The third-order valence-electron chi connectivity index (χ3n) is 9.16. The molecule has 7 nitrogen and oxygen atoms in total. The van der Waals surface area contributed by atoms with Crippen molar-refractivity contribution in [3.8, 4) is 0 Å². The number of carbonyl (C=O) groups is 3. The van der Waals surface area contributed by atoms with E-state index in [1.54, 1.807) is 12.2 Å². The van der Waals surface area contributed by atoms with Crippen LogP contribution in [0.1, 0.15) is 220 Å². The van der Waals surface area contributed by atoms with Crippen molar-refractivity contribution < 1.29 is 33.7 Å². The van der Waals surface area contributed by atoms with Crippen molar-refractivity contribution in [1.29, 1.82) is 0 Å². The second-order valence-corrected chi connectivity index (χ2v) is 14.3. The van der Waals surface area contributed by atoms with Crippen molar-refractivity contribution >= 4 is 17.9 Å². The van der Waals surface area contributed by atoms with Gasteiger partial charge in [0, 0.05) is 19.3 Å². The van der Waals surface area contributed by atoms with Gasteiger partial charge in [0.15, 0.2) is 6.10 Å². The van der Waals surface area contributed by atoms with Crippen molar-refractivity contribution in [2.75, 3.05) is 19.8 Å². The average molecular weight is 737 g/mol. The Morgan fingerprint density at radius 1 is 0.462 bits per heavy atom. The Hall–Kier alpha value is -2.15. The molecule has 0 unspecified atom stereocenters. The van der Waals surface area contributed by atoms with Gasteiger partial charge in [0.2, 0.25) is 0 Å². The third-order valence-corrected chi connectivity index (χ3v) is 9.16. The van der Waals surface area contributed by atoms with Crippen LogP contribution in [0.2, 0.25) is 0 Å². The molecule has 0 saturated carbocycles. The predicted molar refractivity (Wildman–Crippen MR) is 218 cm³/mol. The Morgan fingerprint density at radius 3 is 1.08 bits per heavy atom. The summed E-state index contributed by atoms with van der Waals surface area (Å²) in [5.74, 6) is -0.870. The molecule has 52 heavy (non-hydrogen) atoms. The van der Waals surface area contributed by atoms with E-state index in [1.165, 1.54) is 116 Å². The minimum absolute atomic E-state index is 0.0644. The van der Waals surface area contributed by atoms with E-state index in [-0.39, 0.29) is 37.7 Å². The highest BCUT2D eigenvalue weighted by Crippen LogP contribution is 2.14. The molecule has 0 amide bonds. The molecule has 1 N–H and O–H groups in total. The van der Waals surface area contributed by atoms with Crippen molar-refractivity contribution in [2.24, 2.45) is 0 Å². The number of hydrogen-bond acceptors (Lipinski definition) is 7. The molecule has 7 heteroatoms. The second kappa shape index (κ2) is 45.0. The van der Waals surface area contributed by atoms with Crippen molar-refractivity contribution in [3.05, 3.63) is 24.3 Å². The maximum Gasteiger partial charge on any atom is 0.306 e. The fraction of sp³-hybridized carbons (Fsp3) is 0.844. The summed E-state index contributed by atoms with van der Waals surface area (Å²) in [5, 5.41) is 8.17. The van der Waals surface area contributed by atoms with Gasteiger partial charge in [-0.1, -0.05) is 199 Å². The summed E-state index contributed by atoms with van der Waals surface area (Å²) in [7, 11) is 0. The molecule has 0 rings (SSSR count). The van der Waals surface area contributed by atoms with Crippen LogP contribution in [-0.2, 0) is 28.6 Å². The summed E-state index contributed by atoms with van der Waals surface area (Å²) >= 11 is 0. The Kier molecular flexibility index (Phi) is 45.0. The minimum atomic E-state index is -0.754. The van der Waals surface area contributed by atoms with Gasteiger partial charge in [0.05, 0.1) is 6.61 Å². The average Bonchev–Trinajstić information content (AvgIpc) is 3.14. The summed E-state index contributed by atoms with van der Waals surface area (Å²) in [6, 6.07) is 0. The van der Waals surface area contributed by atoms with Crippen LogP contribution in [0.5, 0.6) is 0 Å². The third kappa shape index (κ3) is 44.0. The van der Waals surface area contributed by atoms with Crippen molar-refractivity contribution in [2.45, 2.75) is 226 Å². The summed E-state index contributed by atoms with van der Waals surface area (Å²) in [4.78, 5) is 37.3. The second-order valence-electron chi connectivity index (χ2n) is 14.3. The Morgan fingerprint density at radius 2 is 0.769 bits per heavy atom. The standard InChI is InChI=1S/C39H74O6.C6H10O/c1-4-7-10-13-16-19-22-25-28-31-37(40)43-34-36(45-39(42)33-30-27-24-21-18-15-12-9-6-3)35-44-38(41)32-29-26-23-20-17-14-11-8-5-2;1-2-3-4-5-6-7/h36H,4-35H2,1-3H3;2-5,7H,6H2,1H3/b;3-2+,5-4+. The first-order chi connectivity index (χ1) is 25.4. The largest absolute Gasteiger partial charge is 0.462 e. The summed E-state index contributed by atoms with van der Waals surface area (Å²) in [6.45, 7) is 8.63. The van der Waals surface area contributed by atoms with E-state index >= 15 is 0 Å². The van der Waals surface area contributed by atoms with Gasteiger partial charge in [-0.05, 0) is 26.2 Å². The number of aliphatic hydroxyl groups is 1. The number of rotatable bonds is 37. The molecule has 0 spiro atoms. The number of esters is 3. The molecule has 0 aromatic heterocycles. The van der Waals surface area contributed by atoms with E-state index in [1.807, 2.05) is 19.1 Å². The maximum atomic E-state index is 12.6. The first-order valence-corrected chi connectivity index (χ1v) is 21.8. The lowest BCUT2D eigenvalue weighted by Crippen LogP contribution is -2.30. The molecular weight excluding hydrogens is 652 g/mol. The maximum absolute atomic E-state index is 12.6. The summed E-state index contributed by atoms with van der Waals surface area (Å²) < 4.78 is 16.5. The lowest BCUT2D eigenvalue weighted by atomic mass is 10.1. The smallest absolute Gasteiger partial charge is 0.306 e. The first kappa shape index (κ1) is 52.0. The fourth-order valence-corrected chi connectivity index (χ4v) is 5.87. The highest BCUT2D eigenvalue weighted by molar-refractivity contribution is 5.71. The molecule has 0 aromatic carbocycles. The number of aliphatic hydroxyl groups excluding tert-OH is 1. The van der Waals surface area contributed by atoms with E-state index < -0.39 is 6.10 Å². The normalized spacial score (nSPS) is 11.3. The Bertz CT molecular complexity index is 784. The molecule has 306 valence electrons. The van der Waals surface area contributed by atoms with Gasteiger partial charge in [-0.25, -0.2) is 0 Å². The molecule has 0 aliphatic rings. The Balaban J connectivity index is 0. The van der Waals surface area contributed by atoms with Gasteiger partial charge in [-0.2, -0.15) is 0 Å². The molecule has 0 aromatic rings. The summed E-state index contributed by atoms with van der Waals surface area (Å²) in [5.41, 5.74) is 0. The number of ether oxygens (including phenoxy) is 3. The molecule has 0 aliphatic carbocycles. The van der Waals surface area contributed by atoms with E-state index in [0.29, 0.717) is 19.3 Å². The van der Waals surface area contributed by atoms with Crippen LogP contribution < -0.4 is 0 Å². The van der Waals surface area contributed by atoms with Crippen LogP contribution in [0.3, 0.4) is 0 Å². The zero-order valence-corrected chi connectivity index (χ0v) is 34.6. The highest BCUT2D eigenvalue weighted by Gasteiger charge is 2.19. The predicted octanol–water partition coefficient (Wildman–Crippen LogP) is 12.9. The van der Waals surface area contributed by atoms with Crippen LogP contribution in [0.25, 0.3) is 0 Å². The zero-order chi connectivity index (χ0) is 38.6. The van der Waals surface area contributed by atoms with E-state index in [9.17, 15) is 14.4 Å². The SMILES string of the molecule is C/C=C/C=C/CO.CCCCCCCCCCCC(=O)OCC(COC(=O)CCCCCCCCCCC)OC(=O)CCCCCCCCCCC. The van der Waals surface area contributed by atoms with Crippen LogP contribution in [0, 0.1) is 0 Å². The number of allylic oxidation sites excluding steroid dienone is 3. The van der Waals surface area contributed by atoms with Crippen molar-refractivity contribution in [3.63, 3.8) is 0 Å². The molecule has 0 radical (unpaired) electrons. The quantitative estimate of drug-likeness (QED) is 0.0293. The van der Waals surface area contributed by atoms with Gasteiger partial charge in [0.25, 0.3) is 0 Å². The van der Waals surface area contributed by atoms with Gasteiger partial charge in [-0.15, -0.1) is 0 Å². The lowest BCUT2D eigenvalue weighted by Gasteiger charge is -2.18. The molecular formula is C45H84O7. The van der Waals surface area contributed by atoms with E-state index in [0.717, 1.165) is 57.8 Å². The number of hydrogen-bond donors (Lipinski definition) is 1. The summed E-state index contributed by atoms with van der Waals surface area (Å²) in [6.07, 6.45) is 39.6. The molecule has 0 aliphatic heterocycles. The van der Waals surface area contributed by atoms with Crippen LogP contribution in [0.15, 0.2) is 24.3 Å². The molecule has 0 atom stereocenters. The van der Waals surface area contributed by atoms with E-state index in [4.69, 9.17) is 19.3 Å². The lowest BCUT2D eigenvalue weighted by molar-refractivity contribution is -0.167. The molecule has 0 heterocycles. The van der Waals surface area contributed by atoms with Crippen LogP contribution >= 0.6 is 0 Å². The monoisotopic (exact) mass is 737 g/mol. The van der Waals surface area contributed by atoms with Crippen LogP contribution in [-0.4, -0.2) is 48.9 Å². The highest BCUT2D eigenvalue weighted by atomic mass is 16.6. The minimum Gasteiger partial charge on any atom is -0.462 e. The van der Waals surface area contributed by atoms with E-state index in [2.05, 4.69) is 20.8 Å². The Labute approximate surface area is 321 Å². The van der Waals surface area contributed by atoms with Crippen molar-refractivity contribution in [1.82, 2.24) is 0 Å². The van der Waals surface area contributed by atoms with Gasteiger partial charge in [0.1, 0.15) is 13.2 Å². The van der Waals surface area contributed by atoms with Crippen LogP contribution in [0.4, 0.5) is 0 Å². The number of carbonyl (C=O) groups excluding carboxylic acids is 3. The zero-order valence-electron chi connectivity index (χ0n) is 34.6. The first-order valence-electron chi connectivity index (χ1n) is 21.8. The van der Waals surface area contributed by atoms with Gasteiger partial charge in [-0.3, -0.25) is 14.4 Å². The molecule has 0 fully saturated rings. The molecule has 0 saturated heterocycles.